The summed E-state index contributed by atoms with van der Waals surface area (Å²) in [5.74, 6) is 0.683. The lowest BCUT2D eigenvalue weighted by Crippen LogP contribution is -2.45. The Morgan fingerprint density at radius 2 is 1.74 bits per heavy atom. The van der Waals surface area contributed by atoms with E-state index in [1.54, 1.807) is 0 Å². The molecule has 1 N–H and O–H groups in total. The summed E-state index contributed by atoms with van der Waals surface area (Å²) in [6.07, 6.45) is 2.79. The summed E-state index contributed by atoms with van der Waals surface area (Å²) < 4.78 is 0. The van der Waals surface area contributed by atoms with Gasteiger partial charge >= 0.3 is 0 Å². The topological polar surface area (TPSA) is 18.5 Å². The highest BCUT2D eigenvalue weighted by Crippen LogP contribution is 2.12. The average molecular weight is 269 g/mol. The summed E-state index contributed by atoms with van der Waals surface area (Å²) in [5.41, 5.74) is 0.224. The molecule has 0 radical (unpaired) electrons. The molecule has 3 heteroatoms. The standard InChI is InChI=1S/C16H35N3/c1-14(13-17-16(3,4)5)15(2)18(6)11-12-19-9-7-8-10-19/h14-15,17H,7-13H2,1-6H3. The Bertz CT molecular complexity index is 241. The van der Waals surface area contributed by atoms with Gasteiger partial charge in [-0.2, -0.15) is 0 Å². The van der Waals surface area contributed by atoms with Crippen molar-refractivity contribution in [2.75, 3.05) is 39.8 Å². The Kier molecular flexibility index (Phi) is 6.78. The lowest BCUT2D eigenvalue weighted by molar-refractivity contribution is 0.168. The molecule has 114 valence electrons. The fraction of sp³-hybridized carbons (Fsp3) is 1.00. The van der Waals surface area contributed by atoms with E-state index in [9.17, 15) is 0 Å². The van der Waals surface area contributed by atoms with Crippen LogP contribution in [0.5, 0.6) is 0 Å². The van der Waals surface area contributed by atoms with E-state index in [0.29, 0.717) is 12.0 Å². The SMILES string of the molecule is CC(CNC(C)(C)C)C(C)N(C)CCN1CCCC1. The molecular weight excluding hydrogens is 234 g/mol. The zero-order chi connectivity index (χ0) is 14.5. The predicted molar refractivity (Wildman–Crippen MR) is 84.7 cm³/mol. The first-order valence-corrected chi connectivity index (χ1v) is 7.97. The van der Waals surface area contributed by atoms with Gasteiger partial charge in [-0.25, -0.2) is 0 Å². The van der Waals surface area contributed by atoms with Gasteiger partial charge in [-0.1, -0.05) is 6.92 Å². The van der Waals surface area contributed by atoms with Crippen LogP contribution >= 0.6 is 0 Å². The fourth-order valence-electron chi connectivity index (χ4n) is 2.58. The summed E-state index contributed by atoms with van der Waals surface area (Å²) in [6.45, 7) is 17.6. The summed E-state index contributed by atoms with van der Waals surface area (Å²) in [4.78, 5) is 5.12. The molecule has 0 amide bonds. The zero-order valence-electron chi connectivity index (χ0n) is 14.0. The maximum Gasteiger partial charge on any atom is 0.0109 e. The number of rotatable bonds is 7. The van der Waals surface area contributed by atoms with E-state index in [0.717, 1.165) is 6.54 Å². The van der Waals surface area contributed by atoms with Crippen molar-refractivity contribution in [2.24, 2.45) is 5.92 Å². The molecule has 2 atom stereocenters. The molecule has 1 rings (SSSR count). The van der Waals surface area contributed by atoms with Crippen molar-refractivity contribution in [3.8, 4) is 0 Å². The molecule has 2 unspecified atom stereocenters. The highest BCUT2D eigenvalue weighted by atomic mass is 15.2. The molecule has 0 bridgehead atoms. The molecule has 0 aromatic heterocycles. The van der Waals surface area contributed by atoms with Gasteiger partial charge in [0, 0.05) is 24.7 Å². The van der Waals surface area contributed by atoms with Crippen LogP contribution < -0.4 is 5.32 Å². The monoisotopic (exact) mass is 269 g/mol. The molecule has 0 saturated carbocycles. The minimum atomic E-state index is 0.224. The second-order valence-corrected chi connectivity index (χ2v) is 7.38. The van der Waals surface area contributed by atoms with Crippen LogP contribution in [0.1, 0.15) is 47.5 Å². The second-order valence-electron chi connectivity index (χ2n) is 7.38. The third-order valence-electron chi connectivity index (χ3n) is 4.44. The van der Waals surface area contributed by atoms with E-state index in [-0.39, 0.29) is 5.54 Å². The minimum absolute atomic E-state index is 0.224. The van der Waals surface area contributed by atoms with Crippen LogP contribution in [0.2, 0.25) is 0 Å². The van der Waals surface area contributed by atoms with Crippen LogP contribution in [0.15, 0.2) is 0 Å². The van der Waals surface area contributed by atoms with Gasteiger partial charge in [0.2, 0.25) is 0 Å². The molecule has 0 aromatic rings. The first-order chi connectivity index (χ1) is 8.79. The molecule has 1 saturated heterocycles. The molecule has 3 nitrogen and oxygen atoms in total. The highest BCUT2D eigenvalue weighted by molar-refractivity contribution is 4.78. The van der Waals surface area contributed by atoms with Crippen molar-refractivity contribution >= 4 is 0 Å². The van der Waals surface area contributed by atoms with Crippen LogP contribution in [0.4, 0.5) is 0 Å². The van der Waals surface area contributed by atoms with E-state index >= 15 is 0 Å². The van der Waals surface area contributed by atoms with Gasteiger partial charge in [0.05, 0.1) is 0 Å². The summed E-state index contributed by atoms with van der Waals surface area (Å²) in [6, 6.07) is 0.637. The molecule has 0 aliphatic carbocycles. The molecule has 1 heterocycles. The van der Waals surface area contributed by atoms with Gasteiger partial charge in [0.15, 0.2) is 0 Å². The van der Waals surface area contributed by atoms with E-state index in [1.807, 2.05) is 0 Å². The number of nitrogens with one attached hydrogen (secondary N) is 1. The van der Waals surface area contributed by atoms with Crippen molar-refractivity contribution in [3.05, 3.63) is 0 Å². The van der Waals surface area contributed by atoms with Gasteiger partial charge in [-0.15, -0.1) is 0 Å². The highest BCUT2D eigenvalue weighted by Gasteiger charge is 2.20. The van der Waals surface area contributed by atoms with Crippen molar-refractivity contribution in [1.29, 1.82) is 0 Å². The van der Waals surface area contributed by atoms with Crippen molar-refractivity contribution in [3.63, 3.8) is 0 Å². The molecule has 19 heavy (non-hydrogen) atoms. The molecule has 0 spiro atoms. The van der Waals surface area contributed by atoms with Gasteiger partial charge in [-0.05, 0) is 73.1 Å². The maximum absolute atomic E-state index is 3.62. The normalized spacial score (nSPS) is 21.0. The first kappa shape index (κ1) is 16.9. The average Bonchev–Trinajstić information content (AvgIpc) is 2.84. The number of likely N-dealkylation sites (tertiary alicyclic amines) is 1. The lowest BCUT2D eigenvalue weighted by Gasteiger charge is -2.33. The van der Waals surface area contributed by atoms with Crippen molar-refractivity contribution < 1.29 is 0 Å². The van der Waals surface area contributed by atoms with Crippen molar-refractivity contribution in [1.82, 2.24) is 15.1 Å². The van der Waals surface area contributed by atoms with Gasteiger partial charge in [0.25, 0.3) is 0 Å². The third-order valence-corrected chi connectivity index (χ3v) is 4.44. The second kappa shape index (κ2) is 7.61. The summed E-state index contributed by atoms with van der Waals surface area (Å²) in [7, 11) is 2.27. The third kappa shape index (κ3) is 6.73. The quantitative estimate of drug-likeness (QED) is 0.766. The van der Waals surface area contributed by atoms with Gasteiger partial charge < -0.3 is 15.1 Å². The molecule has 1 aliphatic rings. The Labute approximate surface area is 120 Å². The number of nitrogens with zero attached hydrogens (tertiary/aromatic N) is 2. The smallest absolute Gasteiger partial charge is 0.0109 e. The Morgan fingerprint density at radius 1 is 1.16 bits per heavy atom. The largest absolute Gasteiger partial charge is 0.312 e. The first-order valence-electron chi connectivity index (χ1n) is 7.97. The van der Waals surface area contributed by atoms with Crippen LogP contribution in [0, 0.1) is 5.92 Å². The minimum Gasteiger partial charge on any atom is -0.312 e. The van der Waals surface area contributed by atoms with Crippen LogP contribution in [0.25, 0.3) is 0 Å². The Balaban J connectivity index is 2.23. The van der Waals surface area contributed by atoms with E-state index in [2.05, 4.69) is 56.8 Å². The lowest BCUT2D eigenvalue weighted by atomic mass is 10.00. The number of likely N-dealkylation sites (N-methyl/N-ethyl adjacent to an activating group) is 1. The number of hydrogen-bond donors (Lipinski definition) is 1. The van der Waals surface area contributed by atoms with Crippen molar-refractivity contribution in [2.45, 2.75) is 59.0 Å². The molecule has 1 aliphatic heterocycles. The summed E-state index contributed by atoms with van der Waals surface area (Å²) >= 11 is 0. The fourth-order valence-corrected chi connectivity index (χ4v) is 2.58. The summed E-state index contributed by atoms with van der Waals surface area (Å²) in [5, 5.41) is 3.62. The van der Waals surface area contributed by atoms with E-state index in [4.69, 9.17) is 0 Å². The van der Waals surface area contributed by atoms with E-state index in [1.165, 1.54) is 39.0 Å². The maximum atomic E-state index is 3.62. The predicted octanol–water partition coefficient (Wildman–Crippen LogP) is 2.43. The molecule has 1 fully saturated rings. The van der Waals surface area contributed by atoms with Gasteiger partial charge in [0.1, 0.15) is 0 Å². The zero-order valence-corrected chi connectivity index (χ0v) is 14.0. The molecule has 0 aromatic carbocycles. The Morgan fingerprint density at radius 3 is 2.26 bits per heavy atom. The van der Waals surface area contributed by atoms with Crippen LogP contribution in [-0.2, 0) is 0 Å². The Hall–Kier alpha value is -0.120. The van der Waals surface area contributed by atoms with E-state index < -0.39 is 0 Å². The van der Waals surface area contributed by atoms with Gasteiger partial charge in [-0.3, -0.25) is 0 Å². The molecular formula is C16H35N3. The van der Waals surface area contributed by atoms with Crippen LogP contribution in [-0.4, -0.2) is 61.2 Å². The van der Waals surface area contributed by atoms with Crippen LogP contribution in [0.3, 0.4) is 0 Å². The number of hydrogen-bond acceptors (Lipinski definition) is 3.